The first kappa shape index (κ1) is 16.0. The average molecular weight is 326 g/mol. The van der Waals surface area contributed by atoms with Gasteiger partial charge in [-0.25, -0.2) is 0 Å². The molecule has 5 nitrogen and oxygen atoms in total. The van der Waals surface area contributed by atoms with Crippen molar-refractivity contribution in [2.45, 2.75) is 26.7 Å². The van der Waals surface area contributed by atoms with Crippen LogP contribution in [0.5, 0.6) is 5.75 Å². The molecular weight excluding hydrogens is 308 g/mol. The summed E-state index contributed by atoms with van der Waals surface area (Å²) in [4.78, 5) is 28.9. The van der Waals surface area contributed by atoms with E-state index in [4.69, 9.17) is 17.0 Å². The van der Waals surface area contributed by atoms with Crippen molar-refractivity contribution in [2.75, 3.05) is 18.9 Å². The lowest BCUT2D eigenvalue weighted by atomic mass is 10.2. The Labute approximate surface area is 133 Å². The third kappa shape index (κ3) is 3.65. The van der Waals surface area contributed by atoms with Gasteiger partial charge in [0.05, 0.1) is 12.2 Å². The SMILES string of the molecule is CCCCOc1c(C(=O)N2CCSC2=S)cc(C)[nH]c1=O. The quantitative estimate of drug-likeness (QED) is 0.665. The van der Waals surface area contributed by atoms with E-state index in [1.807, 2.05) is 6.92 Å². The van der Waals surface area contributed by atoms with Crippen molar-refractivity contribution in [1.82, 2.24) is 9.88 Å². The maximum atomic E-state index is 12.6. The molecule has 1 N–H and O–H groups in total. The number of nitrogens with zero attached hydrogens (tertiary/aromatic N) is 1. The summed E-state index contributed by atoms with van der Waals surface area (Å²) in [5.74, 6) is 0.628. The van der Waals surface area contributed by atoms with Crippen molar-refractivity contribution in [3.05, 3.63) is 27.7 Å². The molecule has 1 amide bonds. The molecule has 1 saturated heterocycles. The fourth-order valence-electron chi connectivity index (χ4n) is 2.02. The van der Waals surface area contributed by atoms with Gasteiger partial charge in [-0.3, -0.25) is 14.5 Å². The van der Waals surface area contributed by atoms with Gasteiger partial charge in [-0.05, 0) is 19.4 Å². The highest BCUT2D eigenvalue weighted by Crippen LogP contribution is 2.23. The number of ether oxygens (including phenoxy) is 1. The average Bonchev–Trinajstić information content (AvgIpc) is 2.86. The number of aromatic amines is 1. The molecular formula is C14H18N2O3S2. The zero-order chi connectivity index (χ0) is 15.4. The molecule has 2 heterocycles. The first-order valence-corrected chi connectivity index (χ1v) is 8.29. The van der Waals surface area contributed by atoms with Crippen molar-refractivity contribution in [1.29, 1.82) is 0 Å². The van der Waals surface area contributed by atoms with Gasteiger partial charge >= 0.3 is 0 Å². The molecule has 7 heteroatoms. The van der Waals surface area contributed by atoms with Crippen LogP contribution in [0.15, 0.2) is 10.9 Å². The summed E-state index contributed by atoms with van der Waals surface area (Å²) >= 11 is 6.65. The number of H-pyrrole nitrogens is 1. The number of rotatable bonds is 5. The second kappa shape index (κ2) is 7.09. The molecule has 0 unspecified atom stereocenters. The van der Waals surface area contributed by atoms with Crippen LogP contribution in [0.25, 0.3) is 0 Å². The Hall–Kier alpha value is -1.34. The summed E-state index contributed by atoms with van der Waals surface area (Å²) in [6.45, 7) is 4.77. The van der Waals surface area contributed by atoms with Crippen LogP contribution in [-0.2, 0) is 0 Å². The highest BCUT2D eigenvalue weighted by molar-refractivity contribution is 8.23. The molecule has 1 aromatic heterocycles. The number of unbranched alkanes of at least 4 members (excludes halogenated alkanes) is 1. The maximum absolute atomic E-state index is 12.6. The Kier molecular flexibility index (Phi) is 5.41. The monoisotopic (exact) mass is 326 g/mol. The topological polar surface area (TPSA) is 62.4 Å². The van der Waals surface area contributed by atoms with E-state index in [1.54, 1.807) is 13.0 Å². The molecule has 0 radical (unpaired) electrons. The van der Waals surface area contributed by atoms with Crippen LogP contribution in [0.1, 0.15) is 35.8 Å². The lowest BCUT2D eigenvalue weighted by Crippen LogP contribution is -2.32. The lowest BCUT2D eigenvalue weighted by Gasteiger charge is -2.17. The van der Waals surface area contributed by atoms with Crippen LogP contribution in [0.3, 0.4) is 0 Å². The minimum atomic E-state index is -0.368. The van der Waals surface area contributed by atoms with E-state index in [-0.39, 0.29) is 22.8 Å². The minimum Gasteiger partial charge on any atom is -0.487 e. The van der Waals surface area contributed by atoms with Gasteiger partial charge in [-0.2, -0.15) is 0 Å². The number of amides is 1. The lowest BCUT2D eigenvalue weighted by molar-refractivity contribution is 0.0856. The molecule has 0 bridgehead atoms. The van der Waals surface area contributed by atoms with Crippen LogP contribution < -0.4 is 10.3 Å². The second-order valence-electron chi connectivity index (χ2n) is 4.80. The highest BCUT2D eigenvalue weighted by atomic mass is 32.2. The van der Waals surface area contributed by atoms with Gasteiger partial charge in [0.15, 0.2) is 5.75 Å². The standard InChI is InChI=1S/C14H18N2O3S2/c1-3-4-6-19-11-10(8-9(2)15-12(11)17)13(18)16-5-7-21-14(16)20/h8H,3-7H2,1-2H3,(H,15,17). The summed E-state index contributed by atoms with van der Waals surface area (Å²) in [6, 6.07) is 1.65. The highest BCUT2D eigenvalue weighted by Gasteiger charge is 2.28. The van der Waals surface area contributed by atoms with Gasteiger partial charge in [0.25, 0.3) is 11.5 Å². The van der Waals surface area contributed by atoms with Gasteiger partial charge in [0.1, 0.15) is 4.32 Å². The van der Waals surface area contributed by atoms with Crippen LogP contribution in [0, 0.1) is 6.92 Å². The van der Waals surface area contributed by atoms with Crippen LogP contribution in [0.2, 0.25) is 0 Å². The Bertz CT molecular complexity index is 613. The number of hydrogen-bond acceptors (Lipinski definition) is 5. The van der Waals surface area contributed by atoms with Gasteiger partial charge in [0, 0.05) is 18.0 Å². The van der Waals surface area contributed by atoms with E-state index in [1.165, 1.54) is 16.7 Å². The zero-order valence-corrected chi connectivity index (χ0v) is 13.7. The van der Waals surface area contributed by atoms with Crippen LogP contribution in [-0.4, -0.2) is 39.0 Å². The van der Waals surface area contributed by atoms with Crippen LogP contribution >= 0.6 is 24.0 Å². The first-order chi connectivity index (χ1) is 10.0. The zero-order valence-electron chi connectivity index (χ0n) is 12.1. The molecule has 0 saturated carbocycles. The Morgan fingerprint density at radius 1 is 1.57 bits per heavy atom. The molecule has 1 aromatic rings. The van der Waals surface area contributed by atoms with Gasteiger partial charge in [0.2, 0.25) is 0 Å². The van der Waals surface area contributed by atoms with Crippen molar-refractivity contribution >= 4 is 34.2 Å². The van der Waals surface area contributed by atoms with Crippen LogP contribution in [0.4, 0.5) is 0 Å². The van der Waals surface area contributed by atoms with E-state index in [9.17, 15) is 9.59 Å². The smallest absolute Gasteiger partial charge is 0.291 e. The third-order valence-electron chi connectivity index (χ3n) is 3.10. The molecule has 1 aliphatic rings. The van der Waals surface area contributed by atoms with Gasteiger partial charge in [-0.1, -0.05) is 37.3 Å². The number of carbonyl (C=O) groups excluding carboxylic acids is 1. The summed E-state index contributed by atoms with van der Waals surface area (Å²) in [5, 5.41) is 0. The number of carbonyl (C=O) groups is 1. The predicted molar refractivity (Wildman–Crippen MR) is 88.3 cm³/mol. The van der Waals surface area contributed by atoms with Crippen molar-refractivity contribution in [3.63, 3.8) is 0 Å². The number of aromatic nitrogens is 1. The largest absolute Gasteiger partial charge is 0.487 e. The normalized spacial score (nSPS) is 14.6. The summed E-state index contributed by atoms with van der Waals surface area (Å²) in [7, 11) is 0. The number of thiocarbonyl (C=S) groups is 1. The van der Waals surface area contributed by atoms with E-state index in [0.717, 1.165) is 18.6 Å². The number of pyridine rings is 1. The van der Waals surface area contributed by atoms with Gasteiger partial charge in [-0.15, -0.1) is 0 Å². The number of nitrogens with one attached hydrogen (secondary N) is 1. The van der Waals surface area contributed by atoms with E-state index in [2.05, 4.69) is 4.98 Å². The van der Waals surface area contributed by atoms with Crippen molar-refractivity contribution in [2.24, 2.45) is 0 Å². The minimum absolute atomic E-state index is 0.0961. The number of aryl methyl sites for hydroxylation is 1. The van der Waals surface area contributed by atoms with Crippen molar-refractivity contribution < 1.29 is 9.53 Å². The van der Waals surface area contributed by atoms with E-state index in [0.29, 0.717) is 23.2 Å². The van der Waals surface area contributed by atoms with E-state index < -0.39 is 0 Å². The summed E-state index contributed by atoms with van der Waals surface area (Å²) < 4.78 is 6.09. The molecule has 0 atom stereocenters. The molecule has 1 fully saturated rings. The maximum Gasteiger partial charge on any atom is 0.291 e. The summed E-state index contributed by atoms with van der Waals surface area (Å²) in [5.41, 5.74) is 0.549. The second-order valence-corrected chi connectivity index (χ2v) is 6.53. The molecule has 114 valence electrons. The summed E-state index contributed by atoms with van der Waals surface area (Å²) in [6.07, 6.45) is 1.79. The van der Waals surface area contributed by atoms with Gasteiger partial charge < -0.3 is 9.72 Å². The molecule has 1 aliphatic heterocycles. The first-order valence-electron chi connectivity index (χ1n) is 6.90. The molecule has 0 aliphatic carbocycles. The third-order valence-corrected chi connectivity index (χ3v) is 4.53. The predicted octanol–water partition coefficient (Wildman–Crippen LogP) is 2.34. The Morgan fingerprint density at radius 3 is 2.95 bits per heavy atom. The number of hydrogen-bond donors (Lipinski definition) is 1. The molecule has 0 spiro atoms. The van der Waals surface area contributed by atoms with Crippen molar-refractivity contribution in [3.8, 4) is 5.75 Å². The Morgan fingerprint density at radius 2 is 2.33 bits per heavy atom. The number of thioether (sulfide) groups is 1. The fraction of sp³-hybridized carbons (Fsp3) is 0.500. The molecule has 0 aromatic carbocycles. The molecule has 21 heavy (non-hydrogen) atoms. The van der Waals surface area contributed by atoms with E-state index >= 15 is 0 Å². The fourth-order valence-corrected chi connectivity index (χ4v) is 3.22. The molecule has 2 rings (SSSR count). The Balaban J connectivity index is 2.34.